The van der Waals surface area contributed by atoms with E-state index in [1.165, 1.54) is 19.3 Å². The molecule has 1 aliphatic carbocycles. The van der Waals surface area contributed by atoms with Gasteiger partial charge >= 0.3 is 0 Å². The summed E-state index contributed by atoms with van der Waals surface area (Å²) in [4.78, 5) is 0. The summed E-state index contributed by atoms with van der Waals surface area (Å²) in [5.41, 5.74) is 0. The molecule has 2 fully saturated rings. The van der Waals surface area contributed by atoms with Crippen molar-refractivity contribution in [1.29, 1.82) is 0 Å². The zero-order valence-corrected chi connectivity index (χ0v) is 26.5. The number of hydrogen-bond acceptors (Lipinski definition) is 4. The minimum atomic E-state index is -1.88. The zero-order chi connectivity index (χ0) is 25.9. The van der Waals surface area contributed by atoms with Crippen LogP contribution in [0.25, 0.3) is 0 Å². The van der Waals surface area contributed by atoms with Crippen molar-refractivity contribution in [1.82, 2.24) is 0 Å². The quantitative estimate of drug-likeness (QED) is 0.158. The van der Waals surface area contributed by atoms with Crippen molar-refractivity contribution in [2.24, 2.45) is 11.8 Å². The van der Waals surface area contributed by atoms with E-state index in [2.05, 4.69) is 86.8 Å². The van der Waals surface area contributed by atoms with E-state index in [0.29, 0.717) is 11.8 Å². The van der Waals surface area contributed by atoms with E-state index >= 15 is 0 Å². The van der Waals surface area contributed by atoms with Gasteiger partial charge in [0.25, 0.3) is 0 Å². The molecule has 0 aromatic rings. The summed E-state index contributed by atoms with van der Waals surface area (Å²) < 4.78 is 25.8. The zero-order valence-electron chi connectivity index (χ0n) is 24.5. The van der Waals surface area contributed by atoms with E-state index < -0.39 is 16.6 Å². The summed E-state index contributed by atoms with van der Waals surface area (Å²) in [6, 6.07) is 0. The highest BCUT2D eigenvalue weighted by atomic mass is 28.4. The Balaban J connectivity index is 2.27. The van der Waals surface area contributed by atoms with Gasteiger partial charge in [0.1, 0.15) is 0 Å². The highest BCUT2D eigenvalue weighted by Gasteiger charge is 2.52. The Labute approximate surface area is 213 Å². The van der Waals surface area contributed by atoms with Crippen LogP contribution in [0.1, 0.15) is 87.0 Å². The van der Waals surface area contributed by atoms with Crippen LogP contribution in [0.3, 0.4) is 0 Å². The molecule has 0 aromatic carbocycles. The first kappa shape index (κ1) is 30.2. The number of fused-ring (bicyclic) bond motifs is 1. The van der Waals surface area contributed by atoms with E-state index in [1.54, 1.807) is 7.11 Å². The fourth-order valence-corrected chi connectivity index (χ4v) is 7.39. The predicted octanol–water partition coefficient (Wildman–Crippen LogP) is 8.30. The lowest BCUT2D eigenvalue weighted by molar-refractivity contribution is -0.118. The first-order chi connectivity index (χ1) is 15.5. The van der Waals surface area contributed by atoms with Gasteiger partial charge in [-0.15, -0.1) is 0 Å². The van der Waals surface area contributed by atoms with Gasteiger partial charge < -0.3 is 18.3 Å². The Morgan fingerprint density at radius 2 is 1.56 bits per heavy atom. The van der Waals surface area contributed by atoms with Gasteiger partial charge in [-0.1, -0.05) is 79.9 Å². The molecule has 0 aromatic heterocycles. The van der Waals surface area contributed by atoms with Gasteiger partial charge in [0, 0.05) is 19.4 Å². The normalized spacial score (nSPS) is 29.7. The number of hydrogen-bond donors (Lipinski definition) is 0. The van der Waals surface area contributed by atoms with Crippen molar-refractivity contribution in [3.8, 4) is 0 Å². The minimum Gasteiger partial charge on any atom is -0.413 e. The van der Waals surface area contributed by atoms with Crippen molar-refractivity contribution in [3.05, 3.63) is 12.2 Å². The second kappa shape index (κ2) is 11.6. The standard InChI is InChI=1S/C28H56O4Si2/c1-13-14-15-16-21(31-33(9,10)27(2,3)4)17-18-22-23-19-26(29-8)30-24(23)20-25(22)32-34(11,12)28(5,6)7/h17-18,21-26H,13-16,19-20H2,1-12H3/b18-17+/t21-,22+,23+,24-,25+,26?/m0/s1. The molecule has 6 atom stereocenters. The Kier molecular flexibility index (Phi) is 10.3. The maximum atomic E-state index is 7.00. The molecule has 1 saturated heterocycles. The highest BCUT2D eigenvalue weighted by Crippen LogP contribution is 2.48. The Morgan fingerprint density at radius 1 is 0.941 bits per heavy atom. The SMILES string of the molecule is CCCCC[C@@H](/C=C/[C@@H]1[C@H]2CC(OC)O[C@H]2C[C@H]1O[Si](C)(C)C(C)(C)C)O[Si](C)(C)C(C)(C)C. The van der Waals surface area contributed by atoms with Gasteiger partial charge in [0.2, 0.25) is 0 Å². The maximum absolute atomic E-state index is 7.00. The summed E-state index contributed by atoms with van der Waals surface area (Å²) >= 11 is 0. The van der Waals surface area contributed by atoms with Crippen LogP contribution < -0.4 is 0 Å². The van der Waals surface area contributed by atoms with Crippen molar-refractivity contribution < 1.29 is 18.3 Å². The Hall–Kier alpha value is 0.0138. The monoisotopic (exact) mass is 512 g/mol. The summed E-state index contributed by atoms with van der Waals surface area (Å²) in [6.07, 6.45) is 12.1. The number of methoxy groups -OCH3 is 1. The minimum absolute atomic E-state index is 0.0800. The first-order valence-electron chi connectivity index (χ1n) is 13.7. The van der Waals surface area contributed by atoms with Crippen LogP contribution in [0.2, 0.25) is 36.3 Å². The van der Waals surface area contributed by atoms with Gasteiger partial charge in [0.15, 0.2) is 22.9 Å². The Bertz CT molecular complexity index is 662. The predicted molar refractivity (Wildman–Crippen MR) is 149 cm³/mol. The van der Waals surface area contributed by atoms with Gasteiger partial charge in [-0.2, -0.15) is 0 Å². The van der Waals surface area contributed by atoms with Gasteiger partial charge in [-0.3, -0.25) is 0 Å². The largest absolute Gasteiger partial charge is 0.413 e. The van der Waals surface area contributed by atoms with E-state index in [9.17, 15) is 0 Å². The molecule has 0 amide bonds. The topological polar surface area (TPSA) is 36.9 Å². The lowest BCUT2D eigenvalue weighted by atomic mass is 9.91. The molecule has 200 valence electrons. The van der Waals surface area contributed by atoms with E-state index in [4.69, 9.17) is 18.3 Å². The first-order valence-corrected chi connectivity index (χ1v) is 19.6. The van der Waals surface area contributed by atoms with Crippen LogP contribution in [0.4, 0.5) is 0 Å². The summed E-state index contributed by atoms with van der Waals surface area (Å²) in [5, 5.41) is 0.407. The second-order valence-corrected chi connectivity index (χ2v) is 23.3. The highest BCUT2D eigenvalue weighted by molar-refractivity contribution is 6.74. The van der Waals surface area contributed by atoms with Gasteiger partial charge in [-0.05, 0) is 55.0 Å². The van der Waals surface area contributed by atoms with Crippen LogP contribution in [0.15, 0.2) is 12.2 Å². The molecule has 6 heteroatoms. The van der Waals surface area contributed by atoms with E-state index in [-0.39, 0.29) is 34.7 Å². The molecular formula is C28H56O4Si2. The molecule has 2 aliphatic rings. The summed E-state index contributed by atoms with van der Waals surface area (Å²) in [6.45, 7) is 25.7. The molecule has 34 heavy (non-hydrogen) atoms. The molecular weight excluding hydrogens is 456 g/mol. The Morgan fingerprint density at radius 3 is 2.09 bits per heavy atom. The molecule has 0 N–H and O–H groups in total. The number of rotatable bonds is 11. The fraction of sp³-hybridized carbons (Fsp3) is 0.929. The second-order valence-electron chi connectivity index (χ2n) is 13.8. The molecule has 0 bridgehead atoms. The third-order valence-electron chi connectivity index (χ3n) is 9.06. The van der Waals surface area contributed by atoms with Crippen LogP contribution in [0.5, 0.6) is 0 Å². The molecule has 1 unspecified atom stereocenters. The molecule has 1 aliphatic heterocycles. The molecule has 1 saturated carbocycles. The summed E-state index contributed by atoms with van der Waals surface area (Å²) in [7, 11) is -1.96. The van der Waals surface area contributed by atoms with Gasteiger partial charge in [0.05, 0.1) is 18.3 Å². The summed E-state index contributed by atoms with van der Waals surface area (Å²) in [5.74, 6) is 0.816. The maximum Gasteiger partial charge on any atom is 0.192 e. The van der Waals surface area contributed by atoms with E-state index in [1.807, 2.05) is 0 Å². The van der Waals surface area contributed by atoms with Crippen molar-refractivity contribution >= 4 is 16.6 Å². The van der Waals surface area contributed by atoms with Crippen LogP contribution in [0, 0.1) is 11.8 Å². The van der Waals surface area contributed by atoms with Crippen LogP contribution in [-0.2, 0) is 18.3 Å². The fourth-order valence-electron chi connectivity index (χ4n) is 4.72. The molecule has 0 spiro atoms. The van der Waals surface area contributed by atoms with Crippen LogP contribution in [-0.4, -0.2) is 48.3 Å². The third kappa shape index (κ3) is 7.51. The molecule has 0 radical (unpaired) electrons. The van der Waals surface area contributed by atoms with E-state index in [0.717, 1.165) is 19.3 Å². The molecule has 1 heterocycles. The number of ether oxygens (including phenoxy) is 2. The third-order valence-corrected chi connectivity index (χ3v) is 18.1. The number of unbranched alkanes of at least 4 members (excludes halogenated alkanes) is 2. The molecule has 2 rings (SSSR count). The average Bonchev–Trinajstić information content (AvgIpc) is 3.21. The smallest absolute Gasteiger partial charge is 0.192 e. The van der Waals surface area contributed by atoms with Crippen molar-refractivity contribution in [2.75, 3.05) is 7.11 Å². The van der Waals surface area contributed by atoms with Crippen molar-refractivity contribution in [3.63, 3.8) is 0 Å². The van der Waals surface area contributed by atoms with Gasteiger partial charge in [-0.25, -0.2) is 0 Å². The lowest BCUT2D eigenvalue weighted by Gasteiger charge is -2.40. The average molecular weight is 513 g/mol. The van der Waals surface area contributed by atoms with Crippen LogP contribution >= 0.6 is 0 Å². The van der Waals surface area contributed by atoms with Crippen molar-refractivity contribution in [2.45, 2.75) is 148 Å². The lowest BCUT2D eigenvalue weighted by Crippen LogP contribution is -2.45. The molecule has 4 nitrogen and oxygen atoms in total.